The maximum Gasteiger partial charge on any atom is 0.225 e. The van der Waals surface area contributed by atoms with Crippen molar-refractivity contribution in [3.8, 4) is 0 Å². The second-order valence-corrected chi connectivity index (χ2v) is 7.47. The van der Waals surface area contributed by atoms with E-state index in [1.54, 1.807) is 11.1 Å². The second-order valence-electron chi connectivity index (χ2n) is 7.03. The average Bonchev–Trinajstić information content (AvgIpc) is 3.28. The van der Waals surface area contributed by atoms with Crippen LogP contribution >= 0.6 is 11.6 Å². The number of likely N-dealkylation sites (tertiary alicyclic amines) is 1. The average molecular weight is 397 g/mol. The van der Waals surface area contributed by atoms with Crippen molar-refractivity contribution in [3.05, 3.63) is 65.1 Å². The lowest BCUT2D eigenvalue weighted by Crippen LogP contribution is -2.33. The topological polar surface area (TPSA) is 78.1 Å². The molecule has 6 nitrogen and oxygen atoms in total. The number of aromatic nitrogens is 2. The Morgan fingerprint density at radius 3 is 3.04 bits per heavy atom. The van der Waals surface area contributed by atoms with E-state index < -0.39 is 0 Å². The van der Waals surface area contributed by atoms with E-state index in [2.05, 4.69) is 15.3 Å². The molecule has 0 aliphatic carbocycles. The highest BCUT2D eigenvalue weighted by atomic mass is 35.5. The minimum atomic E-state index is -0.311. The summed E-state index contributed by atoms with van der Waals surface area (Å²) in [6, 6.07) is 11.3. The number of hydrogen-bond donors (Lipinski definition) is 2. The van der Waals surface area contributed by atoms with Gasteiger partial charge in [-0.2, -0.15) is 0 Å². The van der Waals surface area contributed by atoms with Gasteiger partial charge in [0.05, 0.1) is 18.2 Å². The number of amides is 2. The van der Waals surface area contributed by atoms with Crippen molar-refractivity contribution < 1.29 is 9.59 Å². The first-order chi connectivity index (χ1) is 13.6. The fourth-order valence-electron chi connectivity index (χ4n) is 3.60. The molecule has 1 atom stereocenters. The SMILES string of the molecule is O=C(NCc1ccccn1)[C@H]1CC(=O)N(CCc2c[nH]c3ccc(Cl)cc23)C1. The van der Waals surface area contributed by atoms with Crippen molar-refractivity contribution in [3.63, 3.8) is 0 Å². The van der Waals surface area contributed by atoms with E-state index in [-0.39, 0.29) is 24.2 Å². The predicted octanol–water partition coefficient (Wildman–Crippen LogP) is 2.92. The van der Waals surface area contributed by atoms with Crippen molar-refractivity contribution in [2.45, 2.75) is 19.4 Å². The van der Waals surface area contributed by atoms with Crippen molar-refractivity contribution in [2.75, 3.05) is 13.1 Å². The molecule has 2 N–H and O–H groups in total. The molecule has 7 heteroatoms. The number of carbonyl (C=O) groups is 2. The normalized spacial score (nSPS) is 16.7. The van der Waals surface area contributed by atoms with Gasteiger partial charge >= 0.3 is 0 Å². The number of pyridine rings is 1. The molecule has 2 aromatic heterocycles. The van der Waals surface area contributed by atoms with Crippen LogP contribution in [0.1, 0.15) is 17.7 Å². The molecule has 0 unspecified atom stereocenters. The molecular formula is C21H21ClN4O2. The molecular weight excluding hydrogens is 376 g/mol. The van der Waals surface area contributed by atoms with Gasteiger partial charge in [0.2, 0.25) is 11.8 Å². The van der Waals surface area contributed by atoms with E-state index >= 15 is 0 Å². The van der Waals surface area contributed by atoms with Crippen molar-refractivity contribution >= 4 is 34.3 Å². The number of rotatable bonds is 6. The summed E-state index contributed by atoms with van der Waals surface area (Å²) < 4.78 is 0. The first-order valence-corrected chi connectivity index (χ1v) is 9.69. The van der Waals surface area contributed by atoms with Gasteiger partial charge in [-0.05, 0) is 42.3 Å². The number of H-pyrrole nitrogens is 1. The van der Waals surface area contributed by atoms with E-state index in [1.807, 2.05) is 42.6 Å². The Hall–Kier alpha value is -2.86. The number of fused-ring (bicyclic) bond motifs is 1. The van der Waals surface area contributed by atoms with E-state index in [9.17, 15) is 9.59 Å². The molecule has 28 heavy (non-hydrogen) atoms. The molecule has 3 heterocycles. The summed E-state index contributed by atoms with van der Waals surface area (Å²) in [5, 5.41) is 4.65. The number of nitrogens with one attached hydrogen (secondary N) is 2. The summed E-state index contributed by atoms with van der Waals surface area (Å²) in [5.41, 5.74) is 2.95. The zero-order chi connectivity index (χ0) is 19.5. The molecule has 1 aliphatic rings. The maximum absolute atomic E-state index is 12.4. The number of halogens is 1. The molecule has 1 fully saturated rings. The molecule has 0 bridgehead atoms. The van der Waals surface area contributed by atoms with Gasteiger partial charge in [-0.15, -0.1) is 0 Å². The van der Waals surface area contributed by atoms with Gasteiger partial charge in [0.25, 0.3) is 0 Å². The first-order valence-electron chi connectivity index (χ1n) is 9.31. The first kappa shape index (κ1) is 18.5. The van der Waals surface area contributed by atoms with E-state index in [0.29, 0.717) is 31.1 Å². The molecule has 1 aromatic carbocycles. The van der Waals surface area contributed by atoms with Gasteiger partial charge in [-0.25, -0.2) is 0 Å². The molecule has 144 valence electrons. The van der Waals surface area contributed by atoms with Gasteiger partial charge in [0.1, 0.15) is 0 Å². The van der Waals surface area contributed by atoms with Crippen LogP contribution < -0.4 is 5.32 Å². The van der Waals surface area contributed by atoms with Crippen molar-refractivity contribution in [1.82, 2.24) is 20.2 Å². The Kier molecular flexibility index (Phi) is 5.30. The van der Waals surface area contributed by atoms with Crippen LogP contribution in [0.25, 0.3) is 10.9 Å². The summed E-state index contributed by atoms with van der Waals surface area (Å²) in [5.74, 6) is -0.384. The lowest BCUT2D eigenvalue weighted by molar-refractivity contribution is -0.129. The molecule has 2 amide bonds. The van der Waals surface area contributed by atoms with E-state index in [1.165, 1.54) is 0 Å². The molecule has 4 rings (SSSR count). The smallest absolute Gasteiger partial charge is 0.225 e. The standard InChI is InChI=1S/C21H21ClN4O2/c22-16-4-5-19-18(10-16)14(11-24-19)6-8-26-13-15(9-20(26)27)21(28)25-12-17-3-1-2-7-23-17/h1-5,7,10-11,15,24H,6,8-9,12-13H2,(H,25,28)/t15-/m0/s1. The fraction of sp³-hybridized carbons (Fsp3) is 0.286. The van der Waals surface area contributed by atoms with Crippen molar-refractivity contribution in [1.29, 1.82) is 0 Å². The lowest BCUT2D eigenvalue weighted by atomic mass is 10.1. The van der Waals surface area contributed by atoms with Crippen LogP contribution in [0.5, 0.6) is 0 Å². The van der Waals surface area contributed by atoms with Crippen LogP contribution in [0.2, 0.25) is 5.02 Å². The summed E-state index contributed by atoms with van der Waals surface area (Å²) in [6.45, 7) is 1.42. The summed E-state index contributed by atoms with van der Waals surface area (Å²) >= 11 is 6.10. The number of benzene rings is 1. The molecule has 0 spiro atoms. The van der Waals surface area contributed by atoms with Crippen LogP contribution in [-0.4, -0.2) is 39.8 Å². The quantitative estimate of drug-likeness (QED) is 0.672. The Morgan fingerprint density at radius 2 is 2.21 bits per heavy atom. The largest absolute Gasteiger partial charge is 0.361 e. The van der Waals surface area contributed by atoms with Gasteiger partial charge in [0, 0.05) is 47.8 Å². The number of hydrogen-bond acceptors (Lipinski definition) is 3. The van der Waals surface area contributed by atoms with Crippen LogP contribution in [0.15, 0.2) is 48.8 Å². The van der Waals surface area contributed by atoms with Gasteiger partial charge < -0.3 is 15.2 Å². The van der Waals surface area contributed by atoms with Gasteiger partial charge in [0.15, 0.2) is 0 Å². The highest BCUT2D eigenvalue weighted by Crippen LogP contribution is 2.24. The minimum absolute atomic E-state index is 0.0239. The fourth-order valence-corrected chi connectivity index (χ4v) is 3.77. The van der Waals surface area contributed by atoms with E-state index in [4.69, 9.17) is 11.6 Å². The minimum Gasteiger partial charge on any atom is -0.361 e. The summed E-state index contributed by atoms with van der Waals surface area (Å²) in [4.78, 5) is 34.0. The number of nitrogens with zero attached hydrogens (tertiary/aromatic N) is 2. The van der Waals surface area contributed by atoms with Gasteiger partial charge in [-0.3, -0.25) is 14.6 Å². The van der Waals surface area contributed by atoms with E-state index in [0.717, 1.165) is 22.2 Å². The highest BCUT2D eigenvalue weighted by Gasteiger charge is 2.33. The summed E-state index contributed by atoms with van der Waals surface area (Å²) in [7, 11) is 0. The summed E-state index contributed by atoms with van der Waals surface area (Å²) in [6.07, 6.45) is 4.63. The van der Waals surface area contributed by atoms with Crippen LogP contribution in [0, 0.1) is 5.92 Å². The molecule has 3 aromatic rings. The Balaban J connectivity index is 1.33. The van der Waals surface area contributed by atoms with Crippen LogP contribution in [-0.2, 0) is 22.6 Å². The van der Waals surface area contributed by atoms with Crippen LogP contribution in [0.3, 0.4) is 0 Å². The Morgan fingerprint density at radius 1 is 1.32 bits per heavy atom. The van der Waals surface area contributed by atoms with Crippen molar-refractivity contribution in [2.24, 2.45) is 5.92 Å². The zero-order valence-corrected chi connectivity index (χ0v) is 16.1. The third kappa shape index (κ3) is 4.02. The monoisotopic (exact) mass is 396 g/mol. The predicted molar refractivity (Wildman–Crippen MR) is 108 cm³/mol. The molecule has 1 aliphatic heterocycles. The third-order valence-corrected chi connectivity index (χ3v) is 5.37. The third-order valence-electron chi connectivity index (χ3n) is 5.14. The van der Waals surface area contributed by atoms with Gasteiger partial charge in [-0.1, -0.05) is 17.7 Å². The number of aromatic amines is 1. The number of carbonyl (C=O) groups excluding carboxylic acids is 2. The zero-order valence-electron chi connectivity index (χ0n) is 15.3. The lowest BCUT2D eigenvalue weighted by Gasteiger charge is -2.16. The highest BCUT2D eigenvalue weighted by molar-refractivity contribution is 6.31. The molecule has 1 saturated heterocycles. The second kappa shape index (κ2) is 8.02. The molecule has 0 saturated carbocycles. The molecule has 0 radical (unpaired) electrons. The van der Waals surface area contributed by atoms with Crippen LogP contribution in [0.4, 0.5) is 0 Å². The Bertz CT molecular complexity index is 1000. The Labute approximate surface area is 167 Å². The maximum atomic E-state index is 12.4.